The molecule has 1 aliphatic rings. The van der Waals surface area contributed by atoms with Crippen molar-refractivity contribution in [1.29, 1.82) is 0 Å². The fourth-order valence-corrected chi connectivity index (χ4v) is 3.37. The van der Waals surface area contributed by atoms with Gasteiger partial charge in [0.1, 0.15) is 5.82 Å². The molecular weight excluding hydrogens is 316 g/mol. The van der Waals surface area contributed by atoms with Crippen LogP contribution >= 0.6 is 11.6 Å². The first-order chi connectivity index (χ1) is 9.77. The van der Waals surface area contributed by atoms with Crippen LogP contribution < -0.4 is 11.1 Å². The minimum atomic E-state index is -3.20. The maximum Gasteiger partial charge on any atom is 0.250 e. The molecule has 116 valence electrons. The van der Waals surface area contributed by atoms with Crippen molar-refractivity contribution in [3.8, 4) is 0 Å². The van der Waals surface area contributed by atoms with E-state index in [4.69, 9.17) is 17.3 Å². The first-order valence-electron chi connectivity index (χ1n) is 6.44. The molecule has 0 radical (unpaired) electrons. The Hall–Kier alpha value is -1.38. The van der Waals surface area contributed by atoms with E-state index >= 15 is 0 Å². The number of nitrogens with one attached hydrogen (secondary N) is 1. The lowest BCUT2D eigenvalue weighted by atomic mass is 10.1. The molecule has 1 aromatic heterocycles. The maximum atomic E-state index is 11.6. The Morgan fingerprint density at radius 3 is 2.86 bits per heavy atom. The average Bonchev–Trinajstić information content (AvgIpc) is 2.40. The summed E-state index contributed by atoms with van der Waals surface area (Å²) in [5.41, 5.74) is 5.38. The number of halogens is 1. The maximum absolute atomic E-state index is 11.6. The van der Waals surface area contributed by atoms with Gasteiger partial charge in [-0.1, -0.05) is 11.6 Å². The van der Waals surface area contributed by atoms with Crippen molar-refractivity contribution in [3.63, 3.8) is 0 Å². The zero-order chi connectivity index (χ0) is 15.6. The summed E-state index contributed by atoms with van der Waals surface area (Å²) in [7, 11) is -3.20. The highest BCUT2D eigenvalue weighted by atomic mass is 35.5. The van der Waals surface area contributed by atoms with Crippen LogP contribution in [0.1, 0.15) is 23.2 Å². The van der Waals surface area contributed by atoms with E-state index in [1.807, 2.05) is 0 Å². The standard InChI is InChI=1S/C12H17ClN4O3S/c1-21(19,20)17-4-2-3-9(7-17)16-12-10(13)5-8(6-15-12)11(14)18/h5-6,9H,2-4,7H2,1H3,(H2,14,18)(H,15,16)/t9-/m0/s1. The van der Waals surface area contributed by atoms with E-state index in [1.54, 1.807) is 0 Å². The van der Waals surface area contributed by atoms with Crippen molar-refractivity contribution in [1.82, 2.24) is 9.29 Å². The zero-order valence-corrected chi connectivity index (χ0v) is 13.1. The highest BCUT2D eigenvalue weighted by molar-refractivity contribution is 7.88. The number of nitrogens with zero attached hydrogens (tertiary/aromatic N) is 2. The molecule has 0 bridgehead atoms. The molecule has 21 heavy (non-hydrogen) atoms. The van der Waals surface area contributed by atoms with Gasteiger partial charge in [0.2, 0.25) is 15.9 Å². The van der Waals surface area contributed by atoms with Gasteiger partial charge < -0.3 is 11.1 Å². The molecule has 1 amide bonds. The molecule has 0 spiro atoms. The Morgan fingerprint density at radius 1 is 1.57 bits per heavy atom. The van der Waals surface area contributed by atoms with E-state index in [0.29, 0.717) is 18.9 Å². The summed E-state index contributed by atoms with van der Waals surface area (Å²) < 4.78 is 24.6. The quantitative estimate of drug-likeness (QED) is 0.843. The van der Waals surface area contributed by atoms with Gasteiger partial charge in [0, 0.05) is 25.3 Å². The Kier molecular flexibility index (Phi) is 4.70. The number of pyridine rings is 1. The Bertz CT molecular complexity index is 650. The summed E-state index contributed by atoms with van der Waals surface area (Å²) in [5, 5.41) is 3.40. The second-order valence-corrected chi connectivity index (χ2v) is 7.41. The number of carbonyl (C=O) groups is 1. The van der Waals surface area contributed by atoms with E-state index in [9.17, 15) is 13.2 Å². The summed E-state index contributed by atoms with van der Waals surface area (Å²) in [4.78, 5) is 15.1. The van der Waals surface area contributed by atoms with Gasteiger partial charge in [-0.2, -0.15) is 0 Å². The van der Waals surface area contributed by atoms with E-state index < -0.39 is 15.9 Å². The number of anilines is 1. The second kappa shape index (κ2) is 6.17. The number of amides is 1. The molecule has 7 nitrogen and oxygen atoms in total. The molecule has 1 fully saturated rings. The molecule has 0 saturated carbocycles. The fraction of sp³-hybridized carbons (Fsp3) is 0.500. The minimum Gasteiger partial charge on any atom is -0.366 e. The van der Waals surface area contributed by atoms with E-state index in [1.165, 1.54) is 22.8 Å². The fourth-order valence-electron chi connectivity index (χ4n) is 2.23. The van der Waals surface area contributed by atoms with Gasteiger partial charge in [0.15, 0.2) is 0 Å². The number of hydrogen-bond acceptors (Lipinski definition) is 5. The van der Waals surface area contributed by atoms with Crippen LogP contribution in [0, 0.1) is 0 Å². The highest BCUT2D eigenvalue weighted by Crippen LogP contribution is 2.23. The largest absolute Gasteiger partial charge is 0.366 e. The van der Waals surface area contributed by atoms with Gasteiger partial charge in [-0.05, 0) is 18.9 Å². The molecule has 3 N–H and O–H groups in total. The molecule has 2 rings (SSSR count). The molecule has 0 aromatic carbocycles. The highest BCUT2D eigenvalue weighted by Gasteiger charge is 2.26. The normalized spacial score (nSPS) is 20.2. The lowest BCUT2D eigenvalue weighted by Gasteiger charge is -2.31. The summed E-state index contributed by atoms with van der Waals surface area (Å²) in [6.07, 6.45) is 4.12. The van der Waals surface area contributed by atoms with Crippen LogP contribution in [0.4, 0.5) is 5.82 Å². The molecule has 1 aliphatic heterocycles. The summed E-state index contributed by atoms with van der Waals surface area (Å²) in [5.74, 6) is -0.182. The molecule has 1 saturated heterocycles. The predicted molar refractivity (Wildman–Crippen MR) is 80.8 cm³/mol. The van der Waals surface area contributed by atoms with Gasteiger partial charge in [-0.3, -0.25) is 4.79 Å². The van der Waals surface area contributed by atoms with Crippen LogP contribution in [0.5, 0.6) is 0 Å². The monoisotopic (exact) mass is 332 g/mol. The molecular formula is C12H17ClN4O3S. The van der Waals surface area contributed by atoms with Gasteiger partial charge >= 0.3 is 0 Å². The molecule has 0 aliphatic carbocycles. The lowest BCUT2D eigenvalue weighted by molar-refractivity contribution is 0.1000. The zero-order valence-electron chi connectivity index (χ0n) is 11.5. The number of sulfonamides is 1. The lowest BCUT2D eigenvalue weighted by Crippen LogP contribution is -2.44. The number of primary amides is 1. The van der Waals surface area contributed by atoms with Crippen molar-refractivity contribution in [2.45, 2.75) is 18.9 Å². The molecule has 1 atom stereocenters. The topological polar surface area (TPSA) is 105 Å². The van der Waals surface area contributed by atoms with Crippen LogP contribution in [-0.4, -0.2) is 49.0 Å². The second-order valence-electron chi connectivity index (χ2n) is 5.02. The van der Waals surface area contributed by atoms with Gasteiger partial charge in [0.05, 0.1) is 16.8 Å². The molecule has 9 heteroatoms. The third-order valence-corrected chi connectivity index (χ3v) is 4.88. The van der Waals surface area contributed by atoms with E-state index in [-0.39, 0.29) is 16.6 Å². The first kappa shape index (κ1) is 16.0. The van der Waals surface area contributed by atoms with Crippen LogP contribution in [0.2, 0.25) is 5.02 Å². The first-order valence-corrected chi connectivity index (χ1v) is 8.67. The third kappa shape index (κ3) is 4.05. The number of aromatic nitrogens is 1. The van der Waals surface area contributed by atoms with Crippen LogP contribution in [0.15, 0.2) is 12.3 Å². The van der Waals surface area contributed by atoms with Crippen LogP contribution in [0.3, 0.4) is 0 Å². The number of rotatable bonds is 4. The Labute approximate surface area is 128 Å². The number of nitrogens with two attached hydrogens (primary N) is 1. The summed E-state index contributed by atoms with van der Waals surface area (Å²) in [6.45, 7) is 0.896. The number of piperidine rings is 1. The third-order valence-electron chi connectivity index (χ3n) is 3.32. The molecule has 2 heterocycles. The van der Waals surface area contributed by atoms with Crippen molar-refractivity contribution in [3.05, 3.63) is 22.8 Å². The Balaban J connectivity index is 2.09. The van der Waals surface area contributed by atoms with Gasteiger partial charge in [-0.25, -0.2) is 17.7 Å². The van der Waals surface area contributed by atoms with Crippen molar-refractivity contribution in [2.75, 3.05) is 24.7 Å². The molecule has 0 unspecified atom stereocenters. The Morgan fingerprint density at radius 2 is 2.29 bits per heavy atom. The smallest absolute Gasteiger partial charge is 0.250 e. The van der Waals surface area contributed by atoms with Gasteiger partial charge in [0.25, 0.3) is 0 Å². The minimum absolute atomic E-state index is 0.0714. The van der Waals surface area contributed by atoms with Crippen molar-refractivity contribution >= 4 is 33.3 Å². The summed E-state index contributed by atoms with van der Waals surface area (Å²) >= 11 is 6.05. The number of carbonyl (C=O) groups excluding carboxylic acids is 1. The van der Waals surface area contributed by atoms with Crippen molar-refractivity contribution in [2.24, 2.45) is 5.73 Å². The van der Waals surface area contributed by atoms with Gasteiger partial charge in [-0.15, -0.1) is 0 Å². The van der Waals surface area contributed by atoms with Crippen LogP contribution in [-0.2, 0) is 10.0 Å². The van der Waals surface area contributed by atoms with Crippen molar-refractivity contribution < 1.29 is 13.2 Å². The predicted octanol–water partition coefficient (Wildman–Crippen LogP) is 0.670. The van der Waals surface area contributed by atoms with Crippen LogP contribution in [0.25, 0.3) is 0 Å². The number of hydrogen-bond donors (Lipinski definition) is 2. The van der Waals surface area contributed by atoms with E-state index in [0.717, 1.165) is 12.8 Å². The average molecular weight is 333 g/mol. The van der Waals surface area contributed by atoms with E-state index in [2.05, 4.69) is 10.3 Å². The SMILES string of the molecule is CS(=O)(=O)N1CCC[C@H](Nc2ncc(C(N)=O)cc2Cl)C1. The molecule has 1 aromatic rings. The summed E-state index contributed by atoms with van der Waals surface area (Å²) in [6, 6.07) is 1.37.